The summed E-state index contributed by atoms with van der Waals surface area (Å²) in [5.74, 6) is -1.27. The first-order chi connectivity index (χ1) is 19.3. The van der Waals surface area contributed by atoms with E-state index < -0.39 is 47.9 Å². The molecule has 11 heteroatoms. The molecular weight excluding hydrogens is 534 g/mol. The van der Waals surface area contributed by atoms with Crippen molar-refractivity contribution in [1.29, 1.82) is 0 Å². The molecule has 0 fully saturated rings. The summed E-state index contributed by atoms with van der Waals surface area (Å²) in [6, 6.07) is 3.34. The van der Waals surface area contributed by atoms with Crippen LogP contribution in [0.1, 0.15) is 92.6 Å². The molecule has 1 aromatic carbocycles. The lowest BCUT2D eigenvalue weighted by Crippen LogP contribution is -2.40. The average molecular weight is 582 g/mol. The van der Waals surface area contributed by atoms with Gasteiger partial charge in [-0.2, -0.15) is 0 Å². The summed E-state index contributed by atoms with van der Waals surface area (Å²) in [7, 11) is 0. The molecule has 0 aliphatic rings. The van der Waals surface area contributed by atoms with E-state index in [1.54, 1.807) is 40.7 Å². The Morgan fingerprint density at radius 1 is 0.780 bits per heavy atom. The third-order valence-corrected chi connectivity index (χ3v) is 5.96. The number of hydrogen-bond acceptors (Lipinski definition) is 11. The number of carbonyl (C=O) groups is 4. The van der Waals surface area contributed by atoms with Crippen LogP contribution in [0.5, 0.6) is 11.5 Å². The quantitative estimate of drug-likeness (QED) is 0.108. The highest BCUT2D eigenvalue weighted by Crippen LogP contribution is 2.30. The van der Waals surface area contributed by atoms with Crippen molar-refractivity contribution in [2.24, 2.45) is 11.1 Å². The lowest BCUT2D eigenvalue weighted by atomic mass is 9.97. The van der Waals surface area contributed by atoms with Gasteiger partial charge >= 0.3 is 24.2 Å². The smallest absolute Gasteiger partial charge is 0.458 e. The Morgan fingerprint density at radius 2 is 1.29 bits per heavy atom. The molecule has 0 saturated heterocycles. The molecule has 2 N–H and O–H groups in total. The molecule has 1 aromatic rings. The van der Waals surface area contributed by atoms with Gasteiger partial charge in [-0.1, -0.05) is 45.6 Å². The highest BCUT2D eigenvalue weighted by Gasteiger charge is 2.29. The van der Waals surface area contributed by atoms with E-state index in [0.29, 0.717) is 18.4 Å². The van der Waals surface area contributed by atoms with Crippen LogP contribution < -0.4 is 15.2 Å². The zero-order chi connectivity index (χ0) is 31.0. The third kappa shape index (κ3) is 14.2. The van der Waals surface area contributed by atoms with Crippen LogP contribution in [0.15, 0.2) is 18.2 Å². The number of benzene rings is 1. The van der Waals surface area contributed by atoms with Crippen molar-refractivity contribution in [2.45, 2.75) is 112 Å². The van der Waals surface area contributed by atoms with E-state index in [0.717, 1.165) is 25.7 Å². The number of nitrogens with two attached hydrogens (primary N) is 1. The van der Waals surface area contributed by atoms with Crippen LogP contribution >= 0.6 is 0 Å². The molecule has 0 radical (unpaired) electrons. The second kappa shape index (κ2) is 18.2. The summed E-state index contributed by atoms with van der Waals surface area (Å²) in [6.45, 7) is 12.9. The molecule has 0 heterocycles. The fourth-order valence-corrected chi connectivity index (χ4v) is 3.24. The largest absolute Gasteiger partial charge is 0.513 e. The highest BCUT2D eigenvalue weighted by atomic mass is 16.7. The molecule has 0 bridgehead atoms. The molecular formula is C30H47NO10. The molecule has 41 heavy (non-hydrogen) atoms. The van der Waals surface area contributed by atoms with Crippen molar-refractivity contribution in [3.05, 3.63) is 23.8 Å². The van der Waals surface area contributed by atoms with Gasteiger partial charge < -0.3 is 34.2 Å². The van der Waals surface area contributed by atoms with Crippen molar-refractivity contribution in [2.75, 3.05) is 13.2 Å². The summed E-state index contributed by atoms with van der Waals surface area (Å²) in [4.78, 5) is 49.2. The minimum absolute atomic E-state index is 0.0192. The number of ether oxygens (including phenoxy) is 6. The van der Waals surface area contributed by atoms with E-state index in [4.69, 9.17) is 34.2 Å². The van der Waals surface area contributed by atoms with Gasteiger partial charge in [-0.05, 0) is 71.6 Å². The second-order valence-electron chi connectivity index (χ2n) is 10.9. The SMILES string of the molecule is CCCCCOC(=O)Oc1ccc(C[C@H](N)C(=O)O[C@@H](C)[C@H](C)OC(=O)C(C)(C)C)cc1OC(=O)OCCCCC. The maximum Gasteiger partial charge on any atom is 0.513 e. The van der Waals surface area contributed by atoms with Crippen molar-refractivity contribution >= 4 is 24.2 Å². The average Bonchev–Trinajstić information content (AvgIpc) is 2.89. The molecule has 0 aliphatic carbocycles. The summed E-state index contributed by atoms with van der Waals surface area (Å²) in [6.07, 6.45) is 1.81. The Balaban J connectivity index is 2.91. The number of hydrogen-bond donors (Lipinski definition) is 1. The molecule has 0 spiro atoms. The molecule has 0 amide bonds. The Labute approximate surface area is 243 Å². The monoisotopic (exact) mass is 581 g/mol. The predicted molar refractivity (Wildman–Crippen MR) is 152 cm³/mol. The molecule has 1 rings (SSSR count). The number of carbonyl (C=O) groups excluding carboxylic acids is 4. The van der Waals surface area contributed by atoms with Crippen LogP contribution in [0.3, 0.4) is 0 Å². The predicted octanol–water partition coefficient (Wildman–Crippen LogP) is 5.88. The maximum absolute atomic E-state index is 12.7. The van der Waals surface area contributed by atoms with Crippen molar-refractivity contribution in [3.63, 3.8) is 0 Å². The lowest BCUT2D eigenvalue weighted by molar-refractivity contribution is -0.171. The maximum atomic E-state index is 12.7. The Kier molecular flexibility index (Phi) is 15.8. The molecule has 232 valence electrons. The van der Waals surface area contributed by atoms with Gasteiger partial charge in [0.25, 0.3) is 0 Å². The molecule has 0 aromatic heterocycles. The topological polar surface area (TPSA) is 150 Å². The van der Waals surface area contributed by atoms with Crippen LogP contribution in [0.2, 0.25) is 0 Å². The Hall–Kier alpha value is -3.34. The summed E-state index contributed by atoms with van der Waals surface area (Å²) in [5.41, 5.74) is 5.90. The fourth-order valence-electron chi connectivity index (χ4n) is 3.24. The van der Waals surface area contributed by atoms with Gasteiger partial charge in [0.2, 0.25) is 0 Å². The van der Waals surface area contributed by atoms with Gasteiger partial charge in [-0.15, -0.1) is 0 Å². The van der Waals surface area contributed by atoms with Gasteiger partial charge in [0, 0.05) is 0 Å². The minimum Gasteiger partial charge on any atom is -0.458 e. The van der Waals surface area contributed by atoms with Crippen molar-refractivity contribution < 1.29 is 47.6 Å². The third-order valence-electron chi connectivity index (χ3n) is 5.96. The van der Waals surface area contributed by atoms with Crippen LogP contribution in [0.4, 0.5) is 9.59 Å². The van der Waals surface area contributed by atoms with Crippen LogP contribution in [0, 0.1) is 5.41 Å². The number of rotatable bonds is 16. The first-order valence-electron chi connectivity index (χ1n) is 14.3. The first kappa shape index (κ1) is 35.7. The van der Waals surface area contributed by atoms with Crippen LogP contribution in [0.25, 0.3) is 0 Å². The molecule has 0 aliphatic heterocycles. The van der Waals surface area contributed by atoms with E-state index in [1.807, 2.05) is 13.8 Å². The van der Waals surface area contributed by atoms with E-state index >= 15 is 0 Å². The molecule has 0 unspecified atom stereocenters. The zero-order valence-corrected chi connectivity index (χ0v) is 25.5. The van der Waals surface area contributed by atoms with Gasteiger partial charge in [0.1, 0.15) is 18.2 Å². The van der Waals surface area contributed by atoms with E-state index in [-0.39, 0.29) is 31.1 Å². The normalized spacial score (nSPS) is 13.4. The van der Waals surface area contributed by atoms with Crippen molar-refractivity contribution in [3.8, 4) is 11.5 Å². The number of unbranched alkanes of at least 4 members (excludes halogenated alkanes) is 4. The highest BCUT2D eigenvalue weighted by molar-refractivity contribution is 5.77. The van der Waals surface area contributed by atoms with Crippen LogP contribution in [-0.2, 0) is 35.0 Å². The fraction of sp³-hybridized carbons (Fsp3) is 0.667. The molecule has 11 nitrogen and oxygen atoms in total. The first-order valence-corrected chi connectivity index (χ1v) is 14.3. The van der Waals surface area contributed by atoms with Gasteiger partial charge in [-0.3, -0.25) is 9.59 Å². The van der Waals surface area contributed by atoms with E-state index in [9.17, 15) is 19.2 Å². The van der Waals surface area contributed by atoms with E-state index in [1.165, 1.54) is 12.1 Å². The minimum atomic E-state index is -1.08. The molecule has 3 atom stereocenters. The van der Waals surface area contributed by atoms with Gasteiger partial charge in [0.15, 0.2) is 11.5 Å². The standard InChI is InChI=1S/C30H47NO10/c1-8-10-12-16-36-28(34)40-24-15-14-22(19-25(24)41-29(35)37-17-13-11-9-2)18-23(31)26(32)38-20(3)21(4)39-27(33)30(5,6)7/h14-15,19-21,23H,8-13,16-18,31H2,1-7H3/t20-,21-,23-/m0/s1. The Bertz CT molecular complexity index is 988. The van der Waals surface area contributed by atoms with E-state index in [2.05, 4.69) is 0 Å². The Morgan fingerprint density at radius 3 is 1.80 bits per heavy atom. The zero-order valence-electron chi connectivity index (χ0n) is 25.5. The van der Waals surface area contributed by atoms with Crippen molar-refractivity contribution in [1.82, 2.24) is 0 Å². The lowest BCUT2D eigenvalue weighted by Gasteiger charge is -2.25. The summed E-state index contributed by atoms with van der Waals surface area (Å²) in [5, 5.41) is 0. The second-order valence-corrected chi connectivity index (χ2v) is 10.9. The molecule has 0 saturated carbocycles. The number of esters is 2. The van der Waals surface area contributed by atoms with Gasteiger partial charge in [0.05, 0.1) is 18.6 Å². The van der Waals surface area contributed by atoms with Crippen LogP contribution in [-0.4, -0.2) is 55.7 Å². The summed E-state index contributed by atoms with van der Waals surface area (Å²) < 4.78 is 31.6. The summed E-state index contributed by atoms with van der Waals surface area (Å²) >= 11 is 0. The van der Waals surface area contributed by atoms with Gasteiger partial charge in [-0.25, -0.2) is 9.59 Å².